The summed E-state index contributed by atoms with van der Waals surface area (Å²) in [5, 5.41) is 0. The molecule has 1 aromatic carbocycles. The maximum Gasteiger partial charge on any atom is 0.237 e. The average molecular weight is 402 g/mol. The topological polar surface area (TPSA) is 79.4 Å². The van der Waals surface area contributed by atoms with Crippen LogP contribution in [0.2, 0.25) is 0 Å². The fourth-order valence-electron chi connectivity index (χ4n) is 3.66. The van der Waals surface area contributed by atoms with Gasteiger partial charge in [0.1, 0.15) is 0 Å². The molecule has 1 N–H and O–H groups in total. The van der Waals surface area contributed by atoms with Crippen molar-refractivity contribution in [3.63, 3.8) is 0 Å². The molecule has 0 aliphatic carbocycles. The Morgan fingerprint density at radius 3 is 2.68 bits per heavy atom. The zero-order valence-corrected chi connectivity index (χ0v) is 17.2. The zero-order chi connectivity index (χ0) is 20.1. The predicted octanol–water partition coefficient (Wildman–Crippen LogP) is 2.24. The Kier molecular flexibility index (Phi) is 6.46. The van der Waals surface area contributed by atoms with Crippen LogP contribution >= 0.6 is 0 Å². The van der Waals surface area contributed by atoms with Crippen molar-refractivity contribution in [2.45, 2.75) is 32.1 Å². The van der Waals surface area contributed by atoms with Gasteiger partial charge in [-0.25, -0.2) is 13.1 Å². The molecule has 0 saturated carbocycles. The monoisotopic (exact) mass is 401 g/mol. The van der Waals surface area contributed by atoms with Gasteiger partial charge in [0, 0.05) is 30.4 Å². The van der Waals surface area contributed by atoms with E-state index in [1.807, 2.05) is 25.1 Å². The van der Waals surface area contributed by atoms with Crippen molar-refractivity contribution in [3.8, 4) is 0 Å². The Morgan fingerprint density at radius 1 is 1.21 bits per heavy atom. The van der Waals surface area contributed by atoms with Crippen LogP contribution in [0.15, 0.2) is 42.5 Å². The van der Waals surface area contributed by atoms with Crippen molar-refractivity contribution in [1.82, 2.24) is 14.6 Å². The number of sulfonamides is 1. The predicted molar refractivity (Wildman–Crippen MR) is 110 cm³/mol. The smallest absolute Gasteiger partial charge is 0.237 e. The Balaban J connectivity index is 1.71. The lowest BCUT2D eigenvalue weighted by atomic mass is 9.92. The van der Waals surface area contributed by atoms with Crippen molar-refractivity contribution in [1.29, 1.82) is 0 Å². The first-order valence-corrected chi connectivity index (χ1v) is 11.4. The van der Waals surface area contributed by atoms with Crippen LogP contribution in [-0.4, -0.2) is 50.1 Å². The van der Waals surface area contributed by atoms with Crippen molar-refractivity contribution in [3.05, 3.63) is 65.0 Å². The van der Waals surface area contributed by atoms with Gasteiger partial charge in [0.05, 0.1) is 12.8 Å². The van der Waals surface area contributed by atoms with Crippen LogP contribution in [0.25, 0.3) is 0 Å². The summed E-state index contributed by atoms with van der Waals surface area (Å²) < 4.78 is 24.8. The van der Waals surface area contributed by atoms with Crippen LogP contribution in [0, 0.1) is 6.92 Å². The quantitative estimate of drug-likeness (QED) is 0.805. The number of likely N-dealkylation sites (tertiary alicyclic amines) is 1. The molecule has 2 heterocycles. The summed E-state index contributed by atoms with van der Waals surface area (Å²) in [7, 11) is -3.37. The Labute approximate surface area is 167 Å². The van der Waals surface area contributed by atoms with Gasteiger partial charge >= 0.3 is 0 Å². The van der Waals surface area contributed by atoms with E-state index >= 15 is 0 Å². The number of amides is 1. The van der Waals surface area contributed by atoms with Crippen molar-refractivity contribution in [2.75, 3.05) is 25.9 Å². The lowest BCUT2D eigenvalue weighted by Crippen LogP contribution is -2.44. The van der Waals surface area contributed by atoms with Gasteiger partial charge in [0.25, 0.3) is 0 Å². The zero-order valence-electron chi connectivity index (χ0n) is 16.4. The van der Waals surface area contributed by atoms with Gasteiger partial charge in [0.2, 0.25) is 15.9 Å². The number of benzene rings is 1. The highest BCUT2D eigenvalue weighted by atomic mass is 32.2. The molecule has 1 fully saturated rings. The number of pyridine rings is 1. The minimum atomic E-state index is -3.37. The first kappa shape index (κ1) is 20.5. The maximum absolute atomic E-state index is 12.4. The van der Waals surface area contributed by atoms with Crippen molar-refractivity contribution in [2.24, 2.45) is 0 Å². The molecule has 1 aliphatic heterocycles. The van der Waals surface area contributed by atoms with Gasteiger partial charge in [-0.05, 0) is 49.4 Å². The normalized spacial score (nSPS) is 17.5. The van der Waals surface area contributed by atoms with Gasteiger partial charge < -0.3 is 4.90 Å². The van der Waals surface area contributed by atoms with Gasteiger partial charge in [0.15, 0.2) is 0 Å². The number of hydrogen-bond acceptors (Lipinski definition) is 4. The molecule has 0 radical (unpaired) electrons. The summed E-state index contributed by atoms with van der Waals surface area (Å²) in [6, 6.07) is 14.6. The molecule has 7 heteroatoms. The number of rotatable bonds is 6. The van der Waals surface area contributed by atoms with E-state index < -0.39 is 10.0 Å². The highest BCUT2D eigenvalue weighted by molar-refractivity contribution is 7.88. The molecule has 1 aliphatic rings. The average Bonchev–Trinajstić information content (AvgIpc) is 2.66. The number of carbonyl (C=O) groups is 1. The molecular formula is C21H27N3O3S. The minimum Gasteiger partial charge on any atom is -0.341 e. The third kappa shape index (κ3) is 5.87. The molecule has 2 aromatic rings. The lowest BCUT2D eigenvalue weighted by molar-refractivity contribution is -0.131. The molecule has 1 atom stereocenters. The number of nitrogens with zero attached hydrogens (tertiary/aromatic N) is 2. The van der Waals surface area contributed by atoms with Crippen LogP contribution in [0.3, 0.4) is 0 Å². The summed E-state index contributed by atoms with van der Waals surface area (Å²) in [6.45, 7) is 3.04. The molecule has 1 saturated heterocycles. The number of aromatic nitrogens is 1. The fraction of sp³-hybridized carbons (Fsp3) is 0.429. The van der Waals surface area contributed by atoms with E-state index in [-0.39, 0.29) is 18.4 Å². The molecule has 1 unspecified atom stereocenters. The first-order chi connectivity index (χ1) is 13.3. The van der Waals surface area contributed by atoms with E-state index in [2.05, 4.69) is 29.0 Å². The summed E-state index contributed by atoms with van der Waals surface area (Å²) >= 11 is 0. The molecule has 28 heavy (non-hydrogen) atoms. The molecule has 0 bridgehead atoms. The number of nitrogens with one attached hydrogen (secondary N) is 1. The molecule has 0 spiro atoms. The van der Waals surface area contributed by atoms with Gasteiger partial charge in [-0.2, -0.15) is 0 Å². The van der Waals surface area contributed by atoms with Crippen LogP contribution < -0.4 is 4.72 Å². The summed E-state index contributed by atoms with van der Waals surface area (Å²) in [5.74, 6) is -0.0161. The molecule has 150 valence electrons. The largest absolute Gasteiger partial charge is 0.341 e. The summed E-state index contributed by atoms with van der Waals surface area (Å²) in [6.07, 6.45) is 3.78. The van der Waals surface area contributed by atoms with Gasteiger partial charge in [-0.15, -0.1) is 0 Å². The van der Waals surface area contributed by atoms with E-state index in [4.69, 9.17) is 4.98 Å². The van der Waals surface area contributed by atoms with E-state index in [9.17, 15) is 13.2 Å². The second-order valence-corrected chi connectivity index (χ2v) is 9.31. The van der Waals surface area contributed by atoms with Gasteiger partial charge in [-0.3, -0.25) is 9.78 Å². The number of piperidine rings is 1. The Hall–Kier alpha value is -2.25. The second-order valence-electron chi connectivity index (χ2n) is 7.48. The van der Waals surface area contributed by atoms with Crippen molar-refractivity contribution >= 4 is 15.9 Å². The second kappa shape index (κ2) is 8.84. The maximum atomic E-state index is 12.4. The third-order valence-electron chi connectivity index (χ3n) is 4.96. The molecule has 1 amide bonds. The van der Waals surface area contributed by atoms with Crippen LogP contribution in [0.1, 0.15) is 41.3 Å². The van der Waals surface area contributed by atoms with Crippen LogP contribution in [-0.2, 0) is 21.2 Å². The Morgan fingerprint density at radius 2 is 1.96 bits per heavy atom. The molecule has 1 aromatic heterocycles. The molecule has 6 nitrogen and oxygen atoms in total. The molecular weight excluding hydrogens is 374 g/mol. The van der Waals surface area contributed by atoms with E-state index in [0.717, 1.165) is 36.9 Å². The standard InChI is InChI=1S/C21H27N3O3S/c1-16-11-18(12-17-7-4-3-5-8-17)13-20(23-16)19-9-6-10-24(15-19)21(25)14-22-28(2,26)27/h3-5,7-8,11,13,19,22H,6,9-10,12,14-15H2,1-2H3. The minimum absolute atomic E-state index is 0.172. The fourth-order valence-corrected chi connectivity index (χ4v) is 4.05. The van der Waals surface area contributed by atoms with Crippen LogP contribution in [0.5, 0.6) is 0 Å². The SMILES string of the molecule is Cc1cc(Cc2ccccc2)cc(C2CCCN(C(=O)CNS(C)(=O)=O)C2)n1. The number of carbonyl (C=O) groups excluding carboxylic acids is 1. The van der Waals surface area contributed by atoms with Crippen molar-refractivity contribution < 1.29 is 13.2 Å². The third-order valence-corrected chi connectivity index (χ3v) is 5.63. The van der Waals surface area contributed by atoms with E-state index in [1.165, 1.54) is 11.1 Å². The van der Waals surface area contributed by atoms with E-state index in [1.54, 1.807) is 4.90 Å². The number of hydrogen-bond donors (Lipinski definition) is 1. The molecule has 3 rings (SSSR count). The Bertz CT molecular complexity index is 929. The first-order valence-electron chi connectivity index (χ1n) is 9.54. The lowest BCUT2D eigenvalue weighted by Gasteiger charge is -2.33. The summed E-state index contributed by atoms with van der Waals surface area (Å²) in [5.41, 5.74) is 4.47. The highest BCUT2D eigenvalue weighted by Crippen LogP contribution is 2.27. The highest BCUT2D eigenvalue weighted by Gasteiger charge is 2.26. The van der Waals surface area contributed by atoms with E-state index in [0.29, 0.717) is 13.1 Å². The number of aryl methyl sites for hydroxylation is 1. The van der Waals surface area contributed by atoms with Crippen LogP contribution in [0.4, 0.5) is 0 Å². The van der Waals surface area contributed by atoms with Gasteiger partial charge in [-0.1, -0.05) is 30.3 Å². The summed E-state index contributed by atoms with van der Waals surface area (Å²) in [4.78, 5) is 18.8.